The second-order valence-electron chi connectivity index (χ2n) is 10.4. The van der Waals surface area contributed by atoms with Crippen LogP contribution in [0.4, 0.5) is 17.2 Å². The van der Waals surface area contributed by atoms with E-state index in [-0.39, 0.29) is 32.2 Å². The molecule has 0 bridgehead atoms. The van der Waals surface area contributed by atoms with Gasteiger partial charge in [-0.05, 0) is 64.8 Å². The molecule has 0 aliphatic carbocycles. The number of nitrogens with zero attached hydrogens (tertiary/aromatic N) is 3. The maximum absolute atomic E-state index is 10.5. The van der Waals surface area contributed by atoms with Crippen molar-refractivity contribution < 1.29 is 26.2 Å². The number of hydrogen-bond donors (Lipinski definition) is 1. The van der Waals surface area contributed by atoms with Crippen molar-refractivity contribution in [2.24, 2.45) is 0 Å². The van der Waals surface area contributed by atoms with Crippen LogP contribution < -0.4 is 4.90 Å². The molecular weight excluding hydrogens is 698 g/mol. The molecule has 2 aromatic heterocycles. The van der Waals surface area contributed by atoms with E-state index in [0.717, 1.165) is 34.0 Å². The molecule has 2 heterocycles. The van der Waals surface area contributed by atoms with Gasteiger partial charge in [-0.1, -0.05) is 98.3 Å². The Balaban J connectivity index is 0.00000353. The monoisotopic (exact) mass is 727 g/mol. The van der Waals surface area contributed by atoms with Crippen LogP contribution in [0.1, 0.15) is 25.0 Å². The number of anilines is 3. The number of phenolic OH excluding ortho intramolecular Hbond substituents is 1. The molecule has 210 valence electrons. The zero-order valence-electron chi connectivity index (χ0n) is 23.4. The van der Waals surface area contributed by atoms with Crippen molar-refractivity contribution in [3.05, 3.63) is 157 Å². The largest absolute Gasteiger partial charge is 0.507 e. The maximum Gasteiger partial charge on any atom is 0.136 e. The molecule has 0 saturated carbocycles. The van der Waals surface area contributed by atoms with Crippen LogP contribution in [0, 0.1) is 6.07 Å². The number of para-hydroxylation sites is 2. The summed E-state index contributed by atoms with van der Waals surface area (Å²) >= 11 is 0. The van der Waals surface area contributed by atoms with Crippen LogP contribution in [0.5, 0.6) is 5.75 Å². The predicted molar refractivity (Wildman–Crippen MR) is 167 cm³/mol. The molecule has 6 aromatic rings. The first-order valence-electron chi connectivity index (χ1n) is 13.7. The fraction of sp³-hybridized carbons (Fsp3) is 0.0811. The van der Waals surface area contributed by atoms with Crippen LogP contribution >= 0.6 is 0 Å². The van der Waals surface area contributed by atoms with Gasteiger partial charge in [-0.25, -0.2) is 4.98 Å². The van der Waals surface area contributed by atoms with Gasteiger partial charge in [0.1, 0.15) is 11.6 Å². The zero-order valence-corrected chi connectivity index (χ0v) is 25.7. The predicted octanol–water partition coefficient (Wildman–Crippen LogP) is 9.11. The third kappa shape index (κ3) is 5.77. The van der Waals surface area contributed by atoms with E-state index in [4.69, 9.17) is 9.97 Å². The van der Waals surface area contributed by atoms with E-state index in [9.17, 15) is 5.11 Å². The minimum absolute atomic E-state index is 0. The van der Waals surface area contributed by atoms with Gasteiger partial charge in [-0.15, -0.1) is 23.8 Å². The van der Waals surface area contributed by atoms with Gasteiger partial charge in [-0.2, -0.15) is 0 Å². The van der Waals surface area contributed by atoms with E-state index < -0.39 is 0 Å². The number of rotatable bonds is 7. The number of phenols is 1. The van der Waals surface area contributed by atoms with Gasteiger partial charge in [-0.3, -0.25) is 4.98 Å². The van der Waals surface area contributed by atoms with Crippen molar-refractivity contribution in [1.82, 2.24) is 9.97 Å². The Morgan fingerprint density at radius 1 is 0.667 bits per heavy atom. The Morgan fingerprint density at radius 3 is 2.05 bits per heavy atom. The second-order valence-corrected chi connectivity index (χ2v) is 10.4. The molecule has 1 N–H and O–H groups in total. The molecule has 42 heavy (non-hydrogen) atoms. The Bertz CT molecular complexity index is 1730. The molecule has 0 aliphatic rings. The number of pyridine rings is 2. The van der Waals surface area contributed by atoms with Gasteiger partial charge in [0.2, 0.25) is 0 Å². The van der Waals surface area contributed by atoms with Gasteiger partial charge in [0, 0.05) is 38.5 Å². The molecular formula is C37H30N3OPt-. The van der Waals surface area contributed by atoms with Crippen LogP contribution in [-0.4, -0.2) is 15.1 Å². The average Bonchev–Trinajstić information content (AvgIpc) is 3.03. The zero-order chi connectivity index (χ0) is 28.2. The van der Waals surface area contributed by atoms with Crippen molar-refractivity contribution in [1.29, 1.82) is 0 Å². The molecule has 0 saturated heterocycles. The maximum atomic E-state index is 10.5. The summed E-state index contributed by atoms with van der Waals surface area (Å²) in [6.45, 7) is 4.49. The van der Waals surface area contributed by atoms with Gasteiger partial charge in [0.15, 0.2) is 0 Å². The molecule has 0 spiro atoms. The van der Waals surface area contributed by atoms with Crippen LogP contribution in [0.25, 0.3) is 22.5 Å². The molecule has 0 aliphatic heterocycles. The Morgan fingerprint density at radius 2 is 1.33 bits per heavy atom. The van der Waals surface area contributed by atoms with Gasteiger partial charge >= 0.3 is 0 Å². The Kier molecular flexibility index (Phi) is 8.66. The molecule has 5 heteroatoms. The van der Waals surface area contributed by atoms with Crippen LogP contribution in [0.2, 0.25) is 0 Å². The fourth-order valence-electron chi connectivity index (χ4n) is 5.19. The molecule has 0 atom stereocenters. The van der Waals surface area contributed by atoms with E-state index in [0.29, 0.717) is 11.3 Å². The van der Waals surface area contributed by atoms with Gasteiger partial charge < -0.3 is 10.0 Å². The van der Waals surface area contributed by atoms with Gasteiger partial charge in [0.05, 0.1) is 5.69 Å². The molecule has 4 nitrogen and oxygen atoms in total. The van der Waals surface area contributed by atoms with Gasteiger partial charge in [0.25, 0.3) is 0 Å². The van der Waals surface area contributed by atoms with Crippen molar-refractivity contribution in [2.75, 3.05) is 4.90 Å². The Labute approximate surface area is 261 Å². The summed E-state index contributed by atoms with van der Waals surface area (Å²) in [7, 11) is 0. The van der Waals surface area contributed by atoms with E-state index in [2.05, 4.69) is 73.3 Å². The third-order valence-electron chi connectivity index (χ3n) is 7.42. The molecule has 0 radical (unpaired) electrons. The third-order valence-corrected chi connectivity index (χ3v) is 7.42. The van der Waals surface area contributed by atoms with Crippen molar-refractivity contribution in [2.45, 2.75) is 19.3 Å². The van der Waals surface area contributed by atoms with E-state index in [1.54, 1.807) is 6.07 Å². The minimum atomic E-state index is -0.335. The van der Waals surface area contributed by atoms with E-state index in [1.807, 2.05) is 85.1 Å². The minimum Gasteiger partial charge on any atom is -0.507 e. The number of hydrogen-bond acceptors (Lipinski definition) is 4. The second kappa shape index (κ2) is 12.5. The summed E-state index contributed by atoms with van der Waals surface area (Å²) in [5.41, 5.74) is 6.88. The molecule has 0 fully saturated rings. The first-order chi connectivity index (χ1) is 20.0. The summed E-state index contributed by atoms with van der Waals surface area (Å²) in [5, 5.41) is 10.5. The van der Waals surface area contributed by atoms with E-state index >= 15 is 0 Å². The Hall–Kier alpha value is -4.53. The topological polar surface area (TPSA) is 49.3 Å². The first-order valence-corrected chi connectivity index (χ1v) is 13.7. The standard InChI is InChI=1S/C37H30N3O.Pt/c1-37(2,28-14-5-3-6-15-28)31-24-23-27(32-19-13-20-33(39-32)30-18-9-10-21-35(30)41)26-34(31)40(29-16-7-4-8-17-29)36-22-11-12-25-38-36;/h3-25,41H,1-2H3;/q-1;. The van der Waals surface area contributed by atoms with Crippen LogP contribution in [0.15, 0.2) is 140 Å². The smallest absolute Gasteiger partial charge is 0.136 e. The van der Waals surface area contributed by atoms with Crippen LogP contribution in [0.3, 0.4) is 0 Å². The fourth-order valence-corrected chi connectivity index (χ4v) is 5.19. The molecule has 4 aromatic carbocycles. The van der Waals surface area contributed by atoms with Crippen molar-refractivity contribution >= 4 is 17.2 Å². The summed E-state index contributed by atoms with van der Waals surface area (Å²) in [5.74, 6) is 1.00. The molecule has 0 unspecified atom stereocenters. The summed E-state index contributed by atoms with van der Waals surface area (Å²) in [6, 6.07) is 47.9. The summed E-state index contributed by atoms with van der Waals surface area (Å²) in [6.07, 6.45) is 1.81. The number of benzene rings is 4. The van der Waals surface area contributed by atoms with E-state index in [1.165, 1.54) is 5.56 Å². The number of aromatic nitrogens is 2. The first kappa shape index (κ1) is 29.0. The summed E-state index contributed by atoms with van der Waals surface area (Å²) in [4.78, 5) is 11.9. The van der Waals surface area contributed by atoms with Crippen LogP contribution in [-0.2, 0) is 26.5 Å². The molecule has 0 amide bonds. The van der Waals surface area contributed by atoms with Crippen molar-refractivity contribution in [3.63, 3.8) is 0 Å². The SMILES string of the molecule is CC(C)(c1ccccc1)c1ccc(-c2cccc(-c3ccccc3O)n2)[c-]c1N(c1ccccc1)c1ccccn1.[Pt]. The number of aromatic hydroxyl groups is 1. The summed E-state index contributed by atoms with van der Waals surface area (Å²) < 4.78 is 0. The van der Waals surface area contributed by atoms with Crippen molar-refractivity contribution in [3.8, 4) is 28.3 Å². The average molecular weight is 728 g/mol. The normalized spacial score (nSPS) is 11.0. The molecule has 6 rings (SSSR count). The quantitative estimate of drug-likeness (QED) is 0.167.